The largest absolute Gasteiger partial charge is 0.393 e. The first-order valence-corrected chi connectivity index (χ1v) is 13.4. The molecule has 6 rings (SSSR count). The summed E-state index contributed by atoms with van der Waals surface area (Å²) in [5, 5.41) is 14.2. The molecular weight excluding hydrogens is 370 g/mol. The Labute approximate surface area is 184 Å². The zero-order chi connectivity index (χ0) is 20.9. The van der Waals surface area contributed by atoms with Gasteiger partial charge in [0.1, 0.15) is 5.72 Å². The van der Waals surface area contributed by atoms with Crippen LogP contribution in [0.25, 0.3) is 0 Å². The van der Waals surface area contributed by atoms with Crippen LogP contribution >= 0.6 is 0 Å². The van der Waals surface area contributed by atoms with Crippen molar-refractivity contribution in [3.63, 3.8) is 0 Å². The van der Waals surface area contributed by atoms with E-state index in [0.29, 0.717) is 22.9 Å². The predicted molar refractivity (Wildman–Crippen MR) is 120 cm³/mol. The molecule has 0 radical (unpaired) electrons. The quantitative estimate of drug-likeness (QED) is 0.559. The van der Waals surface area contributed by atoms with Crippen molar-refractivity contribution in [1.82, 2.24) is 5.32 Å². The van der Waals surface area contributed by atoms with Gasteiger partial charge in [-0.1, -0.05) is 27.7 Å². The molecule has 12 atom stereocenters. The topological polar surface area (TPSA) is 41.5 Å². The van der Waals surface area contributed by atoms with Crippen molar-refractivity contribution in [1.29, 1.82) is 0 Å². The van der Waals surface area contributed by atoms with E-state index in [4.69, 9.17) is 4.74 Å². The van der Waals surface area contributed by atoms with Gasteiger partial charge < -0.3 is 9.84 Å². The van der Waals surface area contributed by atoms with E-state index in [0.717, 1.165) is 54.9 Å². The zero-order valence-corrected chi connectivity index (χ0v) is 19.8. The lowest BCUT2D eigenvalue weighted by atomic mass is 9.44. The molecule has 2 saturated heterocycles. The van der Waals surface area contributed by atoms with E-state index in [1.165, 1.54) is 51.4 Å². The zero-order valence-electron chi connectivity index (χ0n) is 19.8. The molecule has 3 nitrogen and oxygen atoms in total. The lowest BCUT2D eigenvalue weighted by Crippen LogP contribution is -2.57. The van der Waals surface area contributed by atoms with Crippen LogP contribution < -0.4 is 5.32 Å². The predicted octanol–water partition coefficient (Wildman–Crippen LogP) is 5.37. The first kappa shape index (κ1) is 20.5. The van der Waals surface area contributed by atoms with E-state index in [1.807, 2.05) is 0 Å². The fourth-order valence-corrected chi connectivity index (χ4v) is 10.4. The van der Waals surface area contributed by atoms with Crippen LogP contribution in [0.2, 0.25) is 0 Å². The highest BCUT2D eigenvalue weighted by Crippen LogP contribution is 2.71. The van der Waals surface area contributed by atoms with Gasteiger partial charge in [-0.15, -0.1) is 0 Å². The standard InChI is InChI=1S/C27H45NO2/c1-16-7-12-27(28-15-16)17(2)24-23(30-27)14-22-20-6-5-18-13-19(29)8-10-25(18,3)21(20)9-11-26(22,24)4/h16-24,28-29H,5-15H2,1-4H3/t16-,17+,18-,19-,20+,21-,22-,23-,24-,25-,26-,27+/m0/s1. The molecule has 0 aromatic rings. The summed E-state index contributed by atoms with van der Waals surface area (Å²) in [7, 11) is 0. The van der Waals surface area contributed by atoms with Crippen LogP contribution in [-0.4, -0.2) is 29.6 Å². The minimum absolute atomic E-state index is 0.0319. The Morgan fingerprint density at radius 1 is 0.867 bits per heavy atom. The van der Waals surface area contributed by atoms with Crippen LogP contribution in [0.4, 0.5) is 0 Å². The molecule has 0 unspecified atom stereocenters. The third kappa shape index (κ3) is 2.61. The number of hydrogen-bond donors (Lipinski definition) is 2. The molecule has 4 aliphatic carbocycles. The van der Waals surface area contributed by atoms with E-state index in [2.05, 4.69) is 33.0 Å². The molecule has 2 aliphatic heterocycles. The maximum Gasteiger partial charge on any atom is 0.122 e. The number of piperidine rings is 1. The van der Waals surface area contributed by atoms with Crippen LogP contribution in [0.1, 0.15) is 91.9 Å². The second-order valence-corrected chi connectivity index (χ2v) is 13.3. The number of aliphatic hydroxyl groups excluding tert-OH is 1. The molecule has 170 valence electrons. The molecule has 2 N–H and O–H groups in total. The number of ether oxygens (including phenoxy) is 1. The van der Waals surface area contributed by atoms with Gasteiger partial charge in [0.25, 0.3) is 0 Å². The molecule has 0 amide bonds. The highest BCUT2D eigenvalue weighted by atomic mass is 16.5. The van der Waals surface area contributed by atoms with E-state index < -0.39 is 0 Å². The van der Waals surface area contributed by atoms with Gasteiger partial charge in [0.2, 0.25) is 0 Å². The molecule has 3 heteroatoms. The van der Waals surface area contributed by atoms with E-state index in [9.17, 15) is 5.11 Å². The maximum atomic E-state index is 10.3. The second kappa shape index (κ2) is 6.70. The molecule has 0 aromatic heterocycles. The highest BCUT2D eigenvalue weighted by Gasteiger charge is 2.68. The van der Waals surface area contributed by atoms with Crippen molar-refractivity contribution in [2.45, 2.75) is 110 Å². The number of rotatable bonds is 0. The SMILES string of the molecule is C[C@H]1CC[C@@]2(NC1)O[C@H]1C[C@H]3[C@@H]4CC[C@H]5C[C@@H](O)CC[C@]5(C)[C@H]4CC[C@]3(C)[C@H]1[C@H]2C. The smallest absolute Gasteiger partial charge is 0.122 e. The van der Waals surface area contributed by atoms with Gasteiger partial charge in [0.05, 0.1) is 12.2 Å². The number of fused-ring (bicyclic) bond motifs is 7. The molecule has 0 bridgehead atoms. The van der Waals surface area contributed by atoms with Crippen LogP contribution in [0.3, 0.4) is 0 Å². The molecular formula is C27H45NO2. The van der Waals surface area contributed by atoms with Crippen LogP contribution in [0, 0.1) is 52.3 Å². The number of nitrogens with one attached hydrogen (secondary N) is 1. The van der Waals surface area contributed by atoms with E-state index >= 15 is 0 Å². The summed E-state index contributed by atoms with van der Waals surface area (Å²) in [6.07, 6.45) is 13.2. The summed E-state index contributed by atoms with van der Waals surface area (Å²) in [5.74, 6) is 5.57. The maximum absolute atomic E-state index is 10.3. The van der Waals surface area contributed by atoms with Crippen LogP contribution in [0.15, 0.2) is 0 Å². The van der Waals surface area contributed by atoms with Gasteiger partial charge in [-0.3, -0.25) is 5.32 Å². The monoisotopic (exact) mass is 415 g/mol. The van der Waals surface area contributed by atoms with Crippen LogP contribution in [0.5, 0.6) is 0 Å². The number of aliphatic hydroxyl groups is 1. The van der Waals surface area contributed by atoms with Crippen LogP contribution in [-0.2, 0) is 4.74 Å². The lowest BCUT2D eigenvalue weighted by Gasteiger charge is -2.61. The Morgan fingerprint density at radius 3 is 2.43 bits per heavy atom. The normalized spacial score (nSPS) is 62.5. The molecule has 6 aliphatic rings. The highest BCUT2D eigenvalue weighted by molar-refractivity contribution is 5.16. The number of hydrogen-bond acceptors (Lipinski definition) is 3. The summed E-state index contributed by atoms with van der Waals surface area (Å²) in [4.78, 5) is 0. The first-order chi connectivity index (χ1) is 14.3. The van der Waals surface area contributed by atoms with Crippen molar-refractivity contribution in [3.8, 4) is 0 Å². The summed E-state index contributed by atoms with van der Waals surface area (Å²) in [6.45, 7) is 11.3. The third-order valence-electron chi connectivity index (χ3n) is 12.1. The molecule has 4 saturated carbocycles. The first-order valence-electron chi connectivity index (χ1n) is 13.4. The minimum atomic E-state index is -0.0320. The van der Waals surface area contributed by atoms with Crippen molar-refractivity contribution in [2.24, 2.45) is 52.3 Å². The molecule has 30 heavy (non-hydrogen) atoms. The average molecular weight is 416 g/mol. The van der Waals surface area contributed by atoms with Crippen molar-refractivity contribution >= 4 is 0 Å². The third-order valence-corrected chi connectivity index (χ3v) is 12.1. The van der Waals surface area contributed by atoms with Crippen molar-refractivity contribution in [2.75, 3.05) is 6.54 Å². The van der Waals surface area contributed by atoms with Crippen molar-refractivity contribution in [3.05, 3.63) is 0 Å². The Morgan fingerprint density at radius 2 is 1.67 bits per heavy atom. The van der Waals surface area contributed by atoms with Gasteiger partial charge in [0.15, 0.2) is 0 Å². The summed E-state index contributed by atoms with van der Waals surface area (Å²) < 4.78 is 7.01. The Bertz CT molecular complexity index is 686. The molecule has 0 aromatic carbocycles. The van der Waals surface area contributed by atoms with E-state index in [-0.39, 0.29) is 11.8 Å². The Hall–Kier alpha value is -0.120. The summed E-state index contributed by atoms with van der Waals surface area (Å²) in [6, 6.07) is 0. The van der Waals surface area contributed by atoms with Gasteiger partial charge >= 0.3 is 0 Å². The average Bonchev–Trinajstić information content (AvgIpc) is 3.16. The Balaban J connectivity index is 1.26. The van der Waals surface area contributed by atoms with Gasteiger partial charge in [-0.25, -0.2) is 0 Å². The molecule has 6 fully saturated rings. The fraction of sp³-hybridized carbons (Fsp3) is 1.00. The minimum Gasteiger partial charge on any atom is -0.393 e. The lowest BCUT2D eigenvalue weighted by molar-refractivity contribution is -0.140. The summed E-state index contributed by atoms with van der Waals surface area (Å²) in [5.41, 5.74) is 0.919. The van der Waals surface area contributed by atoms with Gasteiger partial charge in [-0.2, -0.15) is 0 Å². The molecule has 2 heterocycles. The van der Waals surface area contributed by atoms with Crippen molar-refractivity contribution < 1.29 is 9.84 Å². The van der Waals surface area contributed by atoms with Gasteiger partial charge in [0, 0.05) is 12.5 Å². The van der Waals surface area contributed by atoms with E-state index in [1.54, 1.807) is 0 Å². The summed E-state index contributed by atoms with van der Waals surface area (Å²) >= 11 is 0. The molecule has 1 spiro atoms. The second-order valence-electron chi connectivity index (χ2n) is 13.3. The Kier molecular flexibility index (Phi) is 4.58. The fourth-order valence-electron chi connectivity index (χ4n) is 10.4. The van der Waals surface area contributed by atoms with Gasteiger partial charge in [-0.05, 0) is 111 Å².